The van der Waals surface area contributed by atoms with E-state index in [4.69, 9.17) is 0 Å². The number of fused-ring (bicyclic) bond motifs is 1. The van der Waals surface area contributed by atoms with Gasteiger partial charge in [0.1, 0.15) is 0 Å². The molecule has 0 aliphatic heterocycles. The van der Waals surface area contributed by atoms with E-state index in [2.05, 4.69) is 60.3 Å². The molecule has 0 bridgehead atoms. The summed E-state index contributed by atoms with van der Waals surface area (Å²) in [5.41, 5.74) is 4.23. The van der Waals surface area contributed by atoms with Gasteiger partial charge in [-0.2, -0.15) is 0 Å². The van der Waals surface area contributed by atoms with Crippen molar-refractivity contribution in [1.29, 1.82) is 0 Å². The van der Waals surface area contributed by atoms with Crippen LogP contribution in [0.1, 0.15) is 23.7 Å². The molecule has 0 N–H and O–H groups in total. The van der Waals surface area contributed by atoms with Gasteiger partial charge in [0.05, 0.1) is 0 Å². The topological polar surface area (TPSA) is 16.1 Å². The van der Waals surface area contributed by atoms with Crippen LogP contribution in [0.15, 0.2) is 48.7 Å². The van der Waals surface area contributed by atoms with Gasteiger partial charge in [0.25, 0.3) is 0 Å². The lowest BCUT2D eigenvalue weighted by Crippen LogP contribution is -2.40. The molecule has 1 heterocycles. The summed E-state index contributed by atoms with van der Waals surface area (Å²) in [5, 5.41) is 0. The van der Waals surface area contributed by atoms with E-state index in [1.807, 2.05) is 12.3 Å². The highest BCUT2D eigenvalue weighted by molar-refractivity contribution is 5.33. The average Bonchev–Trinajstić information content (AvgIpc) is 2.91. The minimum atomic E-state index is 0.518. The second kappa shape index (κ2) is 5.76. The SMILES string of the molecule is C[C@@H](Cc1ccccn1)N(C)C1Cc2ccccc2C1. The highest BCUT2D eigenvalue weighted by Crippen LogP contribution is 2.26. The predicted molar refractivity (Wildman–Crippen MR) is 82.8 cm³/mol. The van der Waals surface area contributed by atoms with Crippen LogP contribution in [-0.4, -0.2) is 29.0 Å². The van der Waals surface area contributed by atoms with E-state index in [1.165, 1.54) is 29.7 Å². The third-order valence-corrected chi connectivity index (χ3v) is 4.53. The second-order valence-corrected chi connectivity index (χ2v) is 5.87. The predicted octanol–water partition coefficient (Wildman–Crippen LogP) is 3.11. The zero-order valence-corrected chi connectivity index (χ0v) is 12.3. The lowest BCUT2D eigenvalue weighted by atomic mass is 10.1. The van der Waals surface area contributed by atoms with Gasteiger partial charge in [0, 0.05) is 30.4 Å². The summed E-state index contributed by atoms with van der Waals surface area (Å²) in [6, 6.07) is 16.2. The number of aromatic nitrogens is 1. The first kappa shape index (κ1) is 13.3. The maximum absolute atomic E-state index is 4.44. The molecule has 3 rings (SSSR count). The van der Waals surface area contributed by atoms with Crippen LogP contribution in [0.25, 0.3) is 0 Å². The van der Waals surface area contributed by atoms with Crippen molar-refractivity contribution in [2.75, 3.05) is 7.05 Å². The van der Waals surface area contributed by atoms with Gasteiger partial charge in [0.15, 0.2) is 0 Å². The number of pyridine rings is 1. The molecular formula is C18H22N2. The Labute approximate surface area is 121 Å². The van der Waals surface area contributed by atoms with Crippen molar-refractivity contribution in [2.45, 2.75) is 38.3 Å². The molecule has 2 heteroatoms. The summed E-state index contributed by atoms with van der Waals surface area (Å²) in [7, 11) is 2.25. The molecule has 2 aromatic rings. The molecule has 1 aliphatic carbocycles. The van der Waals surface area contributed by atoms with Crippen molar-refractivity contribution < 1.29 is 0 Å². The molecule has 1 aromatic heterocycles. The Morgan fingerprint density at radius 2 is 1.75 bits per heavy atom. The van der Waals surface area contributed by atoms with E-state index in [-0.39, 0.29) is 0 Å². The molecule has 0 saturated carbocycles. The van der Waals surface area contributed by atoms with Gasteiger partial charge in [-0.3, -0.25) is 9.88 Å². The molecule has 1 aromatic carbocycles. The first-order valence-electron chi connectivity index (χ1n) is 7.42. The van der Waals surface area contributed by atoms with Crippen LogP contribution in [0.3, 0.4) is 0 Å². The van der Waals surface area contributed by atoms with E-state index in [1.54, 1.807) is 0 Å². The molecule has 0 spiro atoms. The van der Waals surface area contributed by atoms with Crippen molar-refractivity contribution in [2.24, 2.45) is 0 Å². The molecule has 2 nitrogen and oxygen atoms in total. The van der Waals surface area contributed by atoms with Crippen LogP contribution in [-0.2, 0) is 19.3 Å². The fourth-order valence-electron chi connectivity index (χ4n) is 3.15. The Hall–Kier alpha value is -1.67. The fourth-order valence-corrected chi connectivity index (χ4v) is 3.15. The molecular weight excluding hydrogens is 244 g/mol. The minimum Gasteiger partial charge on any atom is -0.300 e. The highest BCUT2D eigenvalue weighted by Gasteiger charge is 2.27. The molecule has 20 heavy (non-hydrogen) atoms. The van der Waals surface area contributed by atoms with Gasteiger partial charge in [-0.05, 0) is 50.1 Å². The number of hydrogen-bond donors (Lipinski definition) is 0. The number of rotatable bonds is 4. The molecule has 0 amide bonds. The zero-order valence-electron chi connectivity index (χ0n) is 12.3. The third-order valence-electron chi connectivity index (χ3n) is 4.53. The van der Waals surface area contributed by atoms with Gasteiger partial charge >= 0.3 is 0 Å². The molecule has 0 unspecified atom stereocenters. The maximum Gasteiger partial charge on any atom is 0.0419 e. The Balaban J connectivity index is 1.64. The van der Waals surface area contributed by atoms with Gasteiger partial charge < -0.3 is 0 Å². The molecule has 1 aliphatic rings. The quantitative estimate of drug-likeness (QED) is 0.845. The summed E-state index contributed by atoms with van der Waals surface area (Å²) < 4.78 is 0. The van der Waals surface area contributed by atoms with Crippen LogP contribution < -0.4 is 0 Å². The van der Waals surface area contributed by atoms with Gasteiger partial charge in [0.2, 0.25) is 0 Å². The van der Waals surface area contributed by atoms with E-state index < -0.39 is 0 Å². The normalized spacial score (nSPS) is 16.4. The zero-order chi connectivity index (χ0) is 13.9. The average molecular weight is 266 g/mol. The molecule has 0 radical (unpaired) electrons. The summed E-state index contributed by atoms with van der Waals surface area (Å²) in [4.78, 5) is 6.96. The van der Waals surface area contributed by atoms with Crippen molar-refractivity contribution in [3.63, 3.8) is 0 Å². The van der Waals surface area contributed by atoms with Crippen molar-refractivity contribution in [3.05, 3.63) is 65.5 Å². The standard InChI is InChI=1S/C18H22N2/c1-14(11-17-9-5-6-10-19-17)20(2)18-12-15-7-3-4-8-16(15)13-18/h3-10,14,18H,11-13H2,1-2H3/t14-/m0/s1. The van der Waals surface area contributed by atoms with E-state index >= 15 is 0 Å². The van der Waals surface area contributed by atoms with Gasteiger partial charge in [-0.15, -0.1) is 0 Å². The lowest BCUT2D eigenvalue weighted by Gasteiger charge is -2.30. The van der Waals surface area contributed by atoms with Crippen LogP contribution in [0.2, 0.25) is 0 Å². The fraction of sp³-hybridized carbons (Fsp3) is 0.389. The van der Waals surface area contributed by atoms with Crippen LogP contribution in [0.4, 0.5) is 0 Å². The number of hydrogen-bond acceptors (Lipinski definition) is 2. The third kappa shape index (κ3) is 2.75. The molecule has 1 atom stereocenters. The minimum absolute atomic E-state index is 0.518. The highest BCUT2D eigenvalue weighted by atomic mass is 15.2. The first-order chi connectivity index (χ1) is 9.74. The second-order valence-electron chi connectivity index (χ2n) is 5.87. The monoisotopic (exact) mass is 266 g/mol. The largest absolute Gasteiger partial charge is 0.300 e. The van der Waals surface area contributed by atoms with Gasteiger partial charge in [-0.1, -0.05) is 30.3 Å². The smallest absolute Gasteiger partial charge is 0.0419 e. The van der Waals surface area contributed by atoms with Crippen LogP contribution in [0, 0.1) is 0 Å². The van der Waals surface area contributed by atoms with E-state index in [9.17, 15) is 0 Å². The van der Waals surface area contributed by atoms with Crippen LogP contribution >= 0.6 is 0 Å². The Kier molecular flexibility index (Phi) is 3.83. The summed E-state index contributed by atoms with van der Waals surface area (Å²) in [5.74, 6) is 0. The van der Waals surface area contributed by atoms with Crippen LogP contribution in [0.5, 0.6) is 0 Å². The van der Waals surface area contributed by atoms with Crippen molar-refractivity contribution in [1.82, 2.24) is 9.88 Å². The summed E-state index contributed by atoms with van der Waals surface area (Å²) >= 11 is 0. The molecule has 0 fully saturated rings. The summed E-state index contributed by atoms with van der Waals surface area (Å²) in [6.45, 7) is 2.30. The first-order valence-corrected chi connectivity index (χ1v) is 7.42. The lowest BCUT2D eigenvalue weighted by molar-refractivity contribution is 0.187. The molecule has 0 saturated heterocycles. The van der Waals surface area contributed by atoms with E-state index in [0.717, 1.165) is 6.42 Å². The van der Waals surface area contributed by atoms with Crippen molar-refractivity contribution >= 4 is 0 Å². The van der Waals surface area contributed by atoms with Crippen molar-refractivity contribution in [3.8, 4) is 0 Å². The number of likely N-dealkylation sites (N-methyl/N-ethyl adjacent to an activating group) is 1. The Morgan fingerprint density at radius 3 is 2.35 bits per heavy atom. The molecule has 104 valence electrons. The maximum atomic E-state index is 4.44. The number of nitrogens with zero attached hydrogens (tertiary/aromatic N) is 2. The Morgan fingerprint density at radius 1 is 1.10 bits per heavy atom. The van der Waals surface area contributed by atoms with Gasteiger partial charge in [-0.25, -0.2) is 0 Å². The number of benzene rings is 1. The Bertz CT molecular complexity index is 540. The summed E-state index contributed by atoms with van der Waals surface area (Å²) in [6.07, 6.45) is 5.26. The van der Waals surface area contributed by atoms with E-state index in [0.29, 0.717) is 12.1 Å².